The van der Waals surface area contributed by atoms with E-state index >= 15 is 0 Å². The first-order valence-electron chi connectivity index (χ1n) is 3.88. The van der Waals surface area contributed by atoms with Gasteiger partial charge in [0.15, 0.2) is 0 Å². The van der Waals surface area contributed by atoms with Crippen LogP contribution in [0.5, 0.6) is 0 Å². The summed E-state index contributed by atoms with van der Waals surface area (Å²) in [6.07, 6.45) is 4.64. The van der Waals surface area contributed by atoms with Crippen LogP contribution in [0, 0.1) is 0 Å². The van der Waals surface area contributed by atoms with Crippen molar-refractivity contribution in [3.8, 4) is 0 Å². The van der Waals surface area contributed by atoms with Gasteiger partial charge in [-0.25, -0.2) is 0 Å². The molecule has 0 aliphatic carbocycles. The second-order valence-electron chi connectivity index (χ2n) is 2.67. The zero-order chi connectivity index (χ0) is 9.10. The van der Waals surface area contributed by atoms with Crippen LogP contribution in [-0.4, -0.2) is 9.55 Å². The third-order valence-electron chi connectivity index (χ3n) is 1.73. The summed E-state index contributed by atoms with van der Waals surface area (Å²) in [7, 11) is 0. The summed E-state index contributed by atoms with van der Waals surface area (Å²) in [5, 5.41) is 4.04. The Bertz CT molecular complexity index is 433. The molecule has 0 radical (unpaired) electrons. The van der Waals surface area contributed by atoms with E-state index in [0.717, 1.165) is 5.56 Å². The minimum atomic E-state index is -0.0614. The fraction of sp³-hybridized carbons (Fsp3) is 0.111. The molecule has 2 rings (SSSR count). The zero-order valence-electron chi connectivity index (χ0n) is 6.88. The Kier molecular flexibility index (Phi) is 2.23. The lowest BCUT2D eigenvalue weighted by Gasteiger charge is -2.00. The quantitative estimate of drug-likeness (QED) is 0.720. The SMILES string of the molecule is O=c1cnccn1Cc1ccsc1. The molecular formula is C9H8N2OS. The standard InChI is InChI=1S/C9H8N2OS/c12-9-5-10-2-3-11(9)6-8-1-4-13-7-8/h1-5,7H,6H2. The van der Waals surface area contributed by atoms with Gasteiger partial charge in [0.2, 0.25) is 0 Å². The second-order valence-corrected chi connectivity index (χ2v) is 3.45. The van der Waals surface area contributed by atoms with Gasteiger partial charge in [-0.2, -0.15) is 11.3 Å². The molecule has 0 N–H and O–H groups in total. The highest BCUT2D eigenvalue weighted by molar-refractivity contribution is 7.07. The van der Waals surface area contributed by atoms with Crippen LogP contribution in [0.4, 0.5) is 0 Å². The van der Waals surface area contributed by atoms with E-state index in [1.807, 2.05) is 16.8 Å². The molecule has 13 heavy (non-hydrogen) atoms. The number of thiophene rings is 1. The predicted octanol–water partition coefficient (Wildman–Crippen LogP) is 1.35. The summed E-state index contributed by atoms with van der Waals surface area (Å²) in [5.74, 6) is 0. The van der Waals surface area contributed by atoms with Crippen molar-refractivity contribution < 1.29 is 0 Å². The van der Waals surface area contributed by atoms with Crippen molar-refractivity contribution in [1.82, 2.24) is 9.55 Å². The highest BCUT2D eigenvalue weighted by atomic mass is 32.1. The lowest BCUT2D eigenvalue weighted by molar-refractivity contribution is 0.750. The van der Waals surface area contributed by atoms with Crippen molar-refractivity contribution in [3.05, 3.63) is 51.3 Å². The minimum Gasteiger partial charge on any atom is -0.308 e. The summed E-state index contributed by atoms with van der Waals surface area (Å²) in [5.41, 5.74) is 1.09. The summed E-state index contributed by atoms with van der Waals surface area (Å²) in [4.78, 5) is 15.0. The van der Waals surface area contributed by atoms with Crippen molar-refractivity contribution in [3.63, 3.8) is 0 Å². The van der Waals surface area contributed by atoms with Gasteiger partial charge >= 0.3 is 0 Å². The third kappa shape index (κ3) is 1.84. The van der Waals surface area contributed by atoms with Crippen molar-refractivity contribution in [2.75, 3.05) is 0 Å². The van der Waals surface area contributed by atoms with E-state index in [1.54, 1.807) is 28.3 Å². The Balaban J connectivity index is 2.29. The van der Waals surface area contributed by atoms with Gasteiger partial charge in [-0.05, 0) is 22.4 Å². The van der Waals surface area contributed by atoms with E-state index in [9.17, 15) is 4.79 Å². The van der Waals surface area contributed by atoms with E-state index in [0.29, 0.717) is 6.54 Å². The van der Waals surface area contributed by atoms with Gasteiger partial charge in [-0.1, -0.05) is 0 Å². The van der Waals surface area contributed by atoms with E-state index in [-0.39, 0.29) is 5.56 Å². The Morgan fingerprint density at radius 1 is 1.54 bits per heavy atom. The maximum Gasteiger partial charge on any atom is 0.269 e. The van der Waals surface area contributed by atoms with Gasteiger partial charge in [0.1, 0.15) is 0 Å². The van der Waals surface area contributed by atoms with Crippen LogP contribution in [0.1, 0.15) is 5.56 Å². The number of rotatable bonds is 2. The Morgan fingerprint density at radius 2 is 2.46 bits per heavy atom. The van der Waals surface area contributed by atoms with Crippen LogP contribution in [0.15, 0.2) is 40.2 Å². The first-order chi connectivity index (χ1) is 6.36. The van der Waals surface area contributed by atoms with Crippen molar-refractivity contribution in [1.29, 1.82) is 0 Å². The molecule has 0 unspecified atom stereocenters. The first kappa shape index (κ1) is 8.19. The topological polar surface area (TPSA) is 34.9 Å². The average molecular weight is 192 g/mol. The van der Waals surface area contributed by atoms with E-state index in [2.05, 4.69) is 4.98 Å². The van der Waals surface area contributed by atoms with Gasteiger partial charge in [0.05, 0.1) is 12.7 Å². The maximum absolute atomic E-state index is 11.2. The van der Waals surface area contributed by atoms with Crippen LogP contribution in [-0.2, 0) is 6.54 Å². The second kappa shape index (κ2) is 3.53. The summed E-state index contributed by atoms with van der Waals surface area (Å²) in [6.45, 7) is 0.630. The molecule has 0 aliphatic heterocycles. The van der Waals surface area contributed by atoms with Crippen LogP contribution >= 0.6 is 11.3 Å². The predicted molar refractivity (Wildman–Crippen MR) is 51.9 cm³/mol. The number of hydrogen-bond acceptors (Lipinski definition) is 3. The van der Waals surface area contributed by atoms with Crippen molar-refractivity contribution in [2.24, 2.45) is 0 Å². The van der Waals surface area contributed by atoms with Crippen LogP contribution in [0.25, 0.3) is 0 Å². The monoisotopic (exact) mass is 192 g/mol. The molecule has 0 bridgehead atoms. The first-order valence-corrected chi connectivity index (χ1v) is 4.82. The molecule has 2 aromatic rings. The van der Waals surface area contributed by atoms with Gasteiger partial charge < -0.3 is 4.57 Å². The fourth-order valence-corrected chi connectivity index (χ4v) is 1.74. The highest BCUT2D eigenvalue weighted by Crippen LogP contribution is 2.06. The minimum absolute atomic E-state index is 0.0614. The summed E-state index contributed by atoms with van der Waals surface area (Å²) >= 11 is 1.63. The number of aromatic nitrogens is 2. The van der Waals surface area contributed by atoms with Crippen molar-refractivity contribution >= 4 is 11.3 Å². The molecule has 0 atom stereocenters. The molecule has 0 aliphatic rings. The van der Waals surface area contributed by atoms with E-state index < -0.39 is 0 Å². The molecule has 0 saturated heterocycles. The van der Waals surface area contributed by atoms with Gasteiger partial charge in [-0.15, -0.1) is 0 Å². The Hall–Kier alpha value is -1.42. The molecule has 0 saturated carbocycles. The normalized spacial score (nSPS) is 10.2. The van der Waals surface area contributed by atoms with Crippen LogP contribution in [0.2, 0.25) is 0 Å². The van der Waals surface area contributed by atoms with Crippen molar-refractivity contribution in [2.45, 2.75) is 6.54 Å². The summed E-state index contributed by atoms with van der Waals surface area (Å²) in [6, 6.07) is 2.01. The largest absolute Gasteiger partial charge is 0.308 e. The van der Waals surface area contributed by atoms with Gasteiger partial charge in [-0.3, -0.25) is 9.78 Å². The highest BCUT2D eigenvalue weighted by Gasteiger charge is 1.96. The number of nitrogens with zero attached hydrogens (tertiary/aromatic N) is 2. The molecule has 0 aromatic carbocycles. The Labute approximate surface area is 79.3 Å². The molecule has 3 nitrogen and oxygen atoms in total. The van der Waals surface area contributed by atoms with Crippen LogP contribution in [0.3, 0.4) is 0 Å². The molecular weight excluding hydrogens is 184 g/mol. The fourth-order valence-electron chi connectivity index (χ4n) is 1.08. The zero-order valence-corrected chi connectivity index (χ0v) is 7.70. The smallest absolute Gasteiger partial charge is 0.269 e. The van der Waals surface area contributed by atoms with E-state index in [1.165, 1.54) is 6.20 Å². The average Bonchev–Trinajstić information content (AvgIpc) is 2.61. The lowest BCUT2D eigenvalue weighted by atomic mass is 10.3. The molecule has 2 heterocycles. The maximum atomic E-state index is 11.2. The lowest BCUT2D eigenvalue weighted by Crippen LogP contribution is -2.18. The molecule has 0 fully saturated rings. The molecule has 0 spiro atoms. The van der Waals surface area contributed by atoms with Crippen LogP contribution < -0.4 is 5.56 Å². The molecule has 0 amide bonds. The third-order valence-corrected chi connectivity index (χ3v) is 2.47. The van der Waals surface area contributed by atoms with Gasteiger partial charge in [0.25, 0.3) is 5.56 Å². The summed E-state index contributed by atoms with van der Waals surface area (Å²) < 4.78 is 1.63. The van der Waals surface area contributed by atoms with E-state index in [4.69, 9.17) is 0 Å². The molecule has 4 heteroatoms. The Morgan fingerprint density at radius 3 is 3.15 bits per heavy atom. The van der Waals surface area contributed by atoms with Gasteiger partial charge in [0, 0.05) is 12.4 Å². The molecule has 2 aromatic heterocycles. The number of hydrogen-bond donors (Lipinski definition) is 0. The molecule has 66 valence electrons.